The van der Waals surface area contributed by atoms with E-state index < -0.39 is 6.10 Å². The van der Waals surface area contributed by atoms with Crippen LogP contribution < -0.4 is 11.1 Å². The summed E-state index contributed by atoms with van der Waals surface area (Å²) in [6, 6.07) is 9.51. The number of benzene rings is 1. The first-order valence-corrected chi connectivity index (χ1v) is 7.48. The van der Waals surface area contributed by atoms with Gasteiger partial charge in [-0.25, -0.2) is 0 Å². The molecule has 0 spiro atoms. The molecular formula is C16H25ClN2O3. The van der Waals surface area contributed by atoms with E-state index in [0.29, 0.717) is 13.2 Å². The molecule has 124 valence electrons. The van der Waals surface area contributed by atoms with Crippen LogP contribution in [0.4, 0.5) is 0 Å². The largest absolute Gasteiger partial charge is 0.376 e. The summed E-state index contributed by atoms with van der Waals surface area (Å²) in [5.74, 6) is -0.139. The van der Waals surface area contributed by atoms with Crippen molar-refractivity contribution < 1.29 is 14.3 Å². The summed E-state index contributed by atoms with van der Waals surface area (Å²) < 4.78 is 11.0. The van der Waals surface area contributed by atoms with Crippen LogP contribution in [0.25, 0.3) is 0 Å². The lowest BCUT2D eigenvalue weighted by Crippen LogP contribution is -2.39. The maximum Gasteiger partial charge on any atom is 0.248 e. The molecule has 22 heavy (non-hydrogen) atoms. The average Bonchev–Trinajstić information content (AvgIpc) is 3.04. The number of hydrogen-bond acceptors (Lipinski definition) is 4. The predicted molar refractivity (Wildman–Crippen MR) is 88.0 cm³/mol. The molecular weight excluding hydrogens is 304 g/mol. The highest BCUT2D eigenvalue weighted by Crippen LogP contribution is 2.13. The molecule has 1 fully saturated rings. The van der Waals surface area contributed by atoms with Crippen LogP contribution in [0.2, 0.25) is 0 Å². The van der Waals surface area contributed by atoms with E-state index >= 15 is 0 Å². The summed E-state index contributed by atoms with van der Waals surface area (Å²) in [7, 11) is 0. The number of carbonyl (C=O) groups excluding carboxylic acids is 1. The van der Waals surface area contributed by atoms with Gasteiger partial charge in [-0.15, -0.1) is 12.4 Å². The number of halogens is 1. The lowest BCUT2D eigenvalue weighted by molar-refractivity contribution is -0.133. The summed E-state index contributed by atoms with van der Waals surface area (Å²) in [6.45, 7) is 3.41. The third-order valence-electron chi connectivity index (χ3n) is 3.65. The molecule has 1 heterocycles. The monoisotopic (exact) mass is 328 g/mol. The molecule has 1 aliphatic heterocycles. The summed E-state index contributed by atoms with van der Waals surface area (Å²) in [5.41, 5.74) is 7.05. The highest BCUT2D eigenvalue weighted by molar-refractivity contribution is 5.85. The summed E-state index contributed by atoms with van der Waals surface area (Å²) >= 11 is 0. The number of amides is 1. The van der Waals surface area contributed by atoms with Crippen LogP contribution in [-0.2, 0) is 14.3 Å². The van der Waals surface area contributed by atoms with E-state index in [4.69, 9.17) is 15.2 Å². The van der Waals surface area contributed by atoms with Crippen LogP contribution in [0.3, 0.4) is 0 Å². The Balaban J connectivity index is 0.00000242. The summed E-state index contributed by atoms with van der Waals surface area (Å²) in [5, 5.41) is 2.83. The Bertz CT molecular complexity index is 438. The summed E-state index contributed by atoms with van der Waals surface area (Å²) in [6.07, 6.45) is 1.72. The van der Waals surface area contributed by atoms with E-state index in [0.717, 1.165) is 25.0 Å². The van der Waals surface area contributed by atoms with Crippen molar-refractivity contribution in [3.63, 3.8) is 0 Å². The second-order valence-electron chi connectivity index (χ2n) is 5.37. The van der Waals surface area contributed by atoms with Gasteiger partial charge in [0.25, 0.3) is 0 Å². The van der Waals surface area contributed by atoms with Crippen molar-refractivity contribution in [2.45, 2.75) is 38.0 Å². The van der Waals surface area contributed by atoms with Crippen LogP contribution in [0.1, 0.15) is 31.4 Å². The van der Waals surface area contributed by atoms with E-state index in [1.807, 2.05) is 30.3 Å². The Labute approximate surface area is 138 Å². The van der Waals surface area contributed by atoms with E-state index in [-0.39, 0.29) is 30.5 Å². The van der Waals surface area contributed by atoms with Gasteiger partial charge >= 0.3 is 0 Å². The second kappa shape index (κ2) is 9.79. The van der Waals surface area contributed by atoms with Crippen molar-refractivity contribution in [1.82, 2.24) is 5.32 Å². The smallest absolute Gasteiger partial charge is 0.248 e. The topological polar surface area (TPSA) is 73.6 Å². The molecule has 1 aliphatic rings. The van der Waals surface area contributed by atoms with Gasteiger partial charge in [-0.2, -0.15) is 0 Å². The Morgan fingerprint density at radius 2 is 2.18 bits per heavy atom. The Morgan fingerprint density at radius 3 is 2.82 bits per heavy atom. The summed E-state index contributed by atoms with van der Waals surface area (Å²) in [4.78, 5) is 12.0. The van der Waals surface area contributed by atoms with Crippen LogP contribution in [0.15, 0.2) is 30.3 Å². The molecule has 1 aromatic carbocycles. The second-order valence-corrected chi connectivity index (χ2v) is 5.37. The van der Waals surface area contributed by atoms with Crippen molar-refractivity contribution in [2.24, 2.45) is 5.73 Å². The number of nitrogens with two attached hydrogens (primary N) is 1. The minimum absolute atomic E-state index is 0. The molecule has 0 radical (unpaired) electrons. The first-order valence-electron chi connectivity index (χ1n) is 7.48. The first kappa shape index (κ1) is 18.9. The van der Waals surface area contributed by atoms with Crippen molar-refractivity contribution in [2.75, 3.05) is 19.8 Å². The molecule has 0 aromatic heterocycles. The molecule has 3 N–H and O–H groups in total. The van der Waals surface area contributed by atoms with Gasteiger partial charge in [0.2, 0.25) is 5.91 Å². The van der Waals surface area contributed by atoms with Crippen molar-refractivity contribution in [3.8, 4) is 0 Å². The average molecular weight is 329 g/mol. The van der Waals surface area contributed by atoms with Gasteiger partial charge in [0.1, 0.15) is 6.10 Å². The minimum Gasteiger partial charge on any atom is -0.376 e. The van der Waals surface area contributed by atoms with Crippen molar-refractivity contribution in [1.29, 1.82) is 0 Å². The van der Waals surface area contributed by atoms with Crippen molar-refractivity contribution in [3.05, 3.63) is 35.9 Å². The molecule has 2 rings (SSSR count). The van der Waals surface area contributed by atoms with Crippen LogP contribution >= 0.6 is 12.4 Å². The van der Waals surface area contributed by atoms with E-state index in [1.165, 1.54) is 0 Å². The number of hydrogen-bond donors (Lipinski definition) is 2. The highest BCUT2D eigenvalue weighted by atomic mass is 35.5. The fraction of sp³-hybridized carbons (Fsp3) is 0.562. The number of carbonyl (C=O) groups is 1. The lowest BCUT2D eigenvalue weighted by Gasteiger charge is -2.18. The molecule has 0 bridgehead atoms. The van der Waals surface area contributed by atoms with Gasteiger partial charge in [-0.3, -0.25) is 4.79 Å². The molecule has 3 unspecified atom stereocenters. The van der Waals surface area contributed by atoms with E-state index in [9.17, 15) is 4.79 Å². The molecule has 0 aliphatic carbocycles. The first-order chi connectivity index (χ1) is 10.2. The molecule has 1 amide bonds. The Kier molecular flexibility index (Phi) is 8.42. The zero-order chi connectivity index (χ0) is 15.1. The van der Waals surface area contributed by atoms with Crippen LogP contribution in [-0.4, -0.2) is 37.9 Å². The highest BCUT2D eigenvalue weighted by Gasteiger charge is 2.20. The van der Waals surface area contributed by atoms with Crippen LogP contribution in [0, 0.1) is 0 Å². The maximum atomic E-state index is 12.0. The zero-order valence-electron chi connectivity index (χ0n) is 12.9. The third-order valence-corrected chi connectivity index (χ3v) is 3.65. The number of ether oxygens (including phenoxy) is 2. The zero-order valence-corrected chi connectivity index (χ0v) is 13.7. The molecule has 1 aromatic rings. The molecule has 1 saturated heterocycles. The lowest BCUT2D eigenvalue weighted by atomic mass is 10.1. The maximum absolute atomic E-state index is 12.0. The van der Waals surface area contributed by atoms with Gasteiger partial charge < -0.3 is 20.5 Å². The van der Waals surface area contributed by atoms with Crippen molar-refractivity contribution >= 4 is 18.3 Å². The van der Waals surface area contributed by atoms with Gasteiger partial charge in [0.15, 0.2) is 0 Å². The van der Waals surface area contributed by atoms with Gasteiger partial charge in [0.05, 0.1) is 12.7 Å². The Hall–Kier alpha value is -1.14. The molecule has 3 atom stereocenters. The standard InChI is InChI=1S/C16H24N2O3.ClH/c1-12(21-11-14-8-5-9-20-14)16(19)18-10-15(17)13-6-3-2-4-7-13;/h2-4,6-7,12,14-15H,5,8-11,17H2,1H3,(H,18,19);1H. The van der Waals surface area contributed by atoms with E-state index in [1.54, 1.807) is 6.92 Å². The SMILES string of the molecule is CC(OCC1CCCO1)C(=O)NCC(N)c1ccccc1.Cl. The van der Waals surface area contributed by atoms with Gasteiger partial charge in [-0.05, 0) is 25.3 Å². The van der Waals surface area contributed by atoms with E-state index in [2.05, 4.69) is 5.32 Å². The normalized spacial score (nSPS) is 20.0. The van der Waals surface area contributed by atoms with Gasteiger partial charge in [0, 0.05) is 19.2 Å². The Morgan fingerprint density at radius 1 is 1.45 bits per heavy atom. The fourth-order valence-corrected chi connectivity index (χ4v) is 2.28. The molecule has 5 nitrogen and oxygen atoms in total. The third kappa shape index (κ3) is 5.93. The predicted octanol–water partition coefficient (Wildman–Crippen LogP) is 1.81. The number of nitrogens with one attached hydrogen (secondary N) is 1. The molecule has 0 saturated carbocycles. The van der Waals surface area contributed by atoms with Crippen LogP contribution in [0.5, 0.6) is 0 Å². The minimum atomic E-state index is -0.489. The fourth-order valence-electron chi connectivity index (χ4n) is 2.28. The number of rotatable bonds is 7. The van der Waals surface area contributed by atoms with Gasteiger partial charge in [-0.1, -0.05) is 30.3 Å². The molecule has 6 heteroatoms. The quantitative estimate of drug-likeness (QED) is 0.800.